The molecule has 1 aromatic carbocycles. The molecule has 1 amide bonds. The van der Waals surface area contributed by atoms with E-state index < -0.39 is 5.82 Å². The Hall–Kier alpha value is -1.66. The highest BCUT2D eigenvalue weighted by atomic mass is 19.1. The summed E-state index contributed by atoms with van der Waals surface area (Å²) in [5.41, 5.74) is 6.39. The molecule has 1 aromatic rings. The fourth-order valence-corrected chi connectivity index (χ4v) is 2.04. The van der Waals surface area contributed by atoms with E-state index in [1.54, 1.807) is 0 Å². The van der Waals surface area contributed by atoms with Crippen molar-refractivity contribution < 1.29 is 9.18 Å². The molecular weight excluding hydrogens is 247 g/mol. The second-order valence-corrected chi connectivity index (χ2v) is 4.86. The molecule has 104 valence electrons. The molecule has 2 rings (SSSR count). The molecule has 1 heterocycles. The van der Waals surface area contributed by atoms with Gasteiger partial charge < -0.3 is 16.0 Å². The molecule has 0 bridgehead atoms. The van der Waals surface area contributed by atoms with Crippen molar-refractivity contribution in [1.29, 1.82) is 0 Å². The predicted octanol–water partition coefficient (Wildman–Crippen LogP) is 0.594. The molecule has 0 aromatic heterocycles. The van der Waals surface area contributed by atoms with Crippen molar-refractivity contribution in [2.45, 2.75) is 0 Å². The number of rotatable bonds is 3. The fraction of sp³-hybridized carbons (Fsp3) is 0.462. The Morgan fingerprint density at radius 1 is 1.37 bits per heavy atom. The van der Waals surface area contributed by atoms with Crippen molar-refractivity contribution in [3.8, 4) is 0 Å². The van der Waals surface area contributed by atoms with E-state index in [2.05, 4.69) is 22.2 Å². The van der Waals surface area contributed by atoms with Gasteiger partial charge in [-0.25, -0.2) is 4.39 Å². The van der Waals surface area contributed by atoms with Crippen LogP contribution in [0.4, 0.5) is 15.8 Å². The lowest BCUT2D eigenvalue weighted by molar-refractivity contribution is -0.117. The van der Waals surface area contributed by atoms with Crippen LogP contribution in [0.3, 0.4) is 0 Å². The number of hydrogen-bond donors (Lipinski definition) is 2. The Kier molecular flexibility index (Phi) is 4.34. The van der Waals surface area contributed by atoms with Crippen LogP contribution in [0.5, 0.6) is 0 Å². The van der Waals surface area contributed by atoms with Crippen molar-refractivity contribution in [3.05, 3.63) is 24.0 Å². The van der Waals surface area contributed by atoms with Crippen molar-refractivity contribution in [3.63, 3.8) is 0 Å². The number of nitrogens with one attached hydrogen (secondary N) is 1. The summed E-state index contributed by atoms with van der Waals surface area (Å²) in [5, 5.41) is 2.65. The van der Waals surface area contributed by atoms with Gasteiger partial charge in [0.1, 0.15) is 5.82 Å². The van der Waals surface area contributed by atoms with Crippen LogP contribution in [0.15, 0.2) is 18.2 Å². The molecule has 6 heteroatoms. The number of benzene rings is 1. The summed E-state index contributed by atoms with van der Waals surface area (Å²) in [4.78, 5) is 16.2. The van der Waals surface area contributed by atoms with Crippen molar-refractivity contribution >= 4 is 17.3 Å². The molecule has 1 saturated heterocycles. The molecule has 1 aliphatic rings. The lowest BCUT2D eigenvalue weighted by Crippen LogP contribution is -2.47. The Morgan fingerprint density at radius 3 is 2.74 bits per heavy atom. The van der Waals surface area contributed by atoms with Crippen LogP contribution in [0.2, 0.25) is 0 Å². The summed E-state index contributed by atoms with van der Waals surface area (Å²) in [7, 11) is 2.06. The van der Waals surface area contributed by atoms with Crippen LogP contribution in [0, 0.1) is 5.82 Å². The van der Waals surface area contributed by atoms with E-state index in [9.17, 15) is 9.18 Å². The summed E-state index contributed by atoms with van der Waals surface area (Å²) in [6, 6.07) is 3.95. The van der Waals surface area contributed by atoms with E-state index in [-0.39, 0.29) is 5.91 Å². The maximum Gasteiger partial charge on any atom is 0.238 e. The Morgan fingerprint density at radius 2 is 2.05 bits per heavy atom. The zero-order valence-electron chi connectivity index (χ0n) is 11.0. The summed E-state index contributed by atoms with van der Waals surface area (Å²) < 4.78 is 13.1. The first-order valence-electron chi connectivity index (χ1n) is 6.30. The maximum absolute atomic E-state index is 13.1. The third-order valence-corrected chi connectivity index (χ3v) is 3.25. The van der Waals surface area contributed by atoms with E-state index in [0.29, 0.717) is 17.9 Å². The third kappa shape index (κ3) is 3.90. The van der Waals surface area contributed by atoms with Gasteiger partial charge in [0.2, 0.25) is 5.91 Å². The lowest BCUT2D eigenvalue weighted by Gasteiger charge is -2.31. The molecule has 0 atom stereocenters. The van der Waals surface area contributed by atoms with Gasteiger partial charge in [-0.2, -0.15) is 0 Å². The van der Waals surface area contributed by atoms with Crippen LogP contribution in [-0.4, -0.2) is 55.5 Å². The van der Waals surface area contributed by atoms with E-state index in [1.807, 2.05) is 0 Å². The van der Waals surface area contributed by atoms with Gasteiger partial charge in [-0.1, -0.05) is 0 Å². The molecule has 0 radical (unpaired) electrons. The number of piperazine rings is 1. The highest BCUT2D eigenvalue weighted by molar-refractivity contribution is 5.95. The van der Waals surface area contributed by atoms with Crippen LogP contribution in [0.1, 0.15) is 0 Å². The van der Waals surface area contributed by atoms with Crippen LogP contribution in [-0.2, 0) is 4.79 Å². The van der Waals surface area contributed by atoms with E-state index in [4.69, 9.17) is 5.73 Å². The Bertz CT molecular complexity index is 458. The first kappa shape index (κ1) is 13.8. The second-order valence-electron chi connectivity index (χ2n) is 4.86. The number of halogens is 1. The molecule has 0 saturated carbocycles. The van der Waals surface area contributed by atoms with Crippen LogP contribution < -0.4 is 11.1 Å². The number of hydrogen-bond acceptors (Lipinski definition) is 4. The van der Waals surface area contributed by atoms with E-state index in [0.717, 1.165) is 26.2 Å². The average Bonchev–Trinajstić information content (AvgIpc) is 2.37. The van der Waals surface area contributed by atoms with Gasteiger partial charge in [0, 0.05) is 26.2 Å². The third-order valence-electron chi connectivity index (χ3n) is 3.25. The molecule has 5 nitrogen and oxygen atoms in total. The van der Waals surface area contributed by atoms with Gasteiger partial charge in [0.05, 0.1) is 17.9 Å². The van der Waals surface area contributed by atoms with Crippen molar-refractivity contribution in [2.24, 2.45) is 0 Å². The number of anilines is 2. The molecule has 19 heavy (non-hydrogen) atoms. The van der Waals surface area contributed by atoms with Crippen molar-refractivity contribution in [2.75, 3.05) is 50.8 Å². The van der Waals surface area contributed by atoms with E-state index in [1.165, 1.54) is 18.2 Å². The number of carbonyl (C=O) groups is 1. The number of carbonyl (C=O) groups excluding carboxylic acids is 1. The molecule has 0 spiro atoms. The maximum atomic E-state index is 13.1. The number of nitrogens with two attached hydrogens (primary N) is 1. The predicted molar refractivity (Wildman–Crippen MR) is 73.4 cm³/mol. The van der Waals surface area contributed by atoms with Gasteiger partial charge in [0.15, 0.2) is 0 Å². The highest BCUT2D eigenvalue weighted by Gasteiger charge is 2.17. The molecule has 0 aliphatic carbocycles. The van der Waals surface area contributed by atoms with Gasteiger partial charge in [-0.15, -0.1) is 0 Å². The minimum atomic E-state index is -0.413. The van der Waals surface area contributed by atoms with Crippen LogP contribution in [0.25, 0.3) is 0 Å². The lowest BCUT2D eigenvalue weighted by atomic mass is 10.2. The molecule has 1 aliphatic heterocycles. The van der Waals surface area contributed by atoms with Crippen LogP contribution >= 0.6 is 0 Å². The molecule has 1 fully saturated rings. The SMILES string of the molecule is CN1CCN(CC(=O)Nc2cc(F)ccc2N)CC1. The number of nitrogen functional groups attached to an aromatic ring is 1. The summed E-state index contributed by atoms with van der Waals surface area (Å²) >= 11 is 0. The number of nitrogens with zero attached hydrogens (tertiary/aromatic N) is 2. The second kappa shape index (κ2) is 5.99. The Labute approximate surface area is 112 Å². The number of amides is 1. The minimum absolute atomic E-state index is 0.165. The first-order chi connectivity index (χ1) is 9.04. The quantitative estimate of drug-likeness (QED) is 0.786. The van der Waals surface area contributed by atoms with Gasteiger partial charge in [-0.05, 0) is 25.2 Å². The van der Waals surface area contributed by atoms with Crippen molar-refractivity contribution in [1.82, 2.24) is 9.80 Å². The number of likely N-dealkylation sites (N-methyl/N-ethyl adjacent to an activating group) is 1. The summed E-state index contributed by atoms with van der Waals surface area (Å²) in [5.74, 6) is -0.578. The monoisotopic (exact) mass is 266 g/mol. The van der Waals surface area contributed by atoms with E-state index >= 15 is 0 Å². The smallest absolute Gasteiger partial charge is 0.238 e. The van der Waals surface area contributed by atoms with Gasteiger partial charge >= 0.3 is 0 Å². The zero-order chi connectivity index (χ0) is 13.8. The fourth-order valence-electron chi connectivity index (χ4n) is 2.04. The highest BCUT2D eigenvalue weighted by Crippen LogP contribution is 2.19. The standard InChI is InChI=1S/C13H19FN4O/c1-17-4-6-18(7-5-17)9-13(19)16-12-8-10(14)2-3-11(12)15/h2-3,8H,4-7,9,15H2,1H3,(H,16,19). The average molecular weight is 266 g/mol. The minimum Gasteiger partial charge on any atom is -0.397 e. The largest absolute Gasteiger partial charge is 0.397 e. The molecular formula is C13H19FN4O. The normalized spacial score (nSPS) is 17.4. The molecule has 0 unspecified atom stereocenters. The zero-order valence-corrected chi connectivity index (χ0v) is 11.0. The van der Waals surface area contributed by atoms with Gasteiger partial charge in [-0.3, -0.25) is 9.69 Å². The van der Waals surface area contributed by atoms with Gasteiger partial charge in [0.25, 0.3) is 0 Å². The molecule has 3 N–H and O–H groups in total. The topological polar surface area (TPSA) is 61.6 Å². The summed E-state index contributed by atoms with van der Waals surface area (Å²) in [6.07, 6.45) is 0. The summed E-state index contributed by atoms with van der Waals surface area (Å²) in [6.45, 7) is 3.94. The first-order valence-corrected chi connectivity index (χ1v) is 6.30. The Balaban J connectivity index is 1.89.